The van der Waals surface area contributed by atoms with Gasteiger partial charge in [-0.1, -0.05) is 25.1 Å². The number of imide groups is 1. The number of carbonyl (C=O) groups excluding carboxylic acids is 2. The maximum Gasteiger partial charge on any atom is 0.325 e. The number of aliphatic imine (C=N–C) groups is 1. The number of hydrogen-bond donors (Lipinski definition) is 3. The van der Waals surface area contributed by atoms with Gasteiger partial charge in [0.25, 0.3) is 5.91 Å². The lowest BCUT2D eigenvalue weighted by molar-refractivity contribution is -0.130. The first kappa shape index (κ1) is 21.9. The van der Waals surface area contributed by atoms with Crippen LogP contribution in [0.3, 0.4) is 0 Å². The molecule has 0 saturated carbocycles. The van der Waals surface area contributed by atoms with Crippen LogP contribution in [0.1, 0.15) is 39.5 Å². The van der Waals surface area contributed by atoms with Crippen LogP contribution in [0.25, 0.3) is 0 Å². The number of anilines is 1. The molecule has 3 N–H and O–H groups in total. The molecule has 0 radical (unpaired) electrons. The van der Waals surface area contributed by atoms with Gasteiger partial charge in [-0.2, -0.15) is 0 Å². The molecule has 1 unspecified atom stereocenters. The molecule has 2 aliphatic heterocycles. The van der Waals surface area contributed by atoms with E-state index >= 15 is 0 Å². The minimum absolute atomic E-state index is 0.136. The summed E-state index contributed by atoms with van der Waals surface area (Å²) >= 11 is 0. The predicted molar refractivity (Wildman–Crippen MR) is 120 cm³/mol. The molecule has 2 fully saturated rings. The average Bonchev–Trinajstić information content (AvgIpc) is 3.00. The Hall–Kier alpha value is -2.77. The fraction of sp³-hybridized carbons (Fsp3) is 0.591. The van der Waals surface area contributed by atoms with Crippen molar-refractivity contribution in [1.29, 1.82) is 0 Å². The summed E-state index contributed by atoms with van der Waals surface area (Å²) in [6.07, 6.45) is 3.36. The number of rotatable bonds is 7. The van der Waals surface area contributed by atoms with Gasteiger partial charge in [0.2, 0.25) is 0 Å². The Balaban J connectivity index is 1.38. The molecule has 0 bridgehead atoms. The molecule has 0 spiro atoms. The standard InChI is InChI=1S/C22H34N6O2/c1-4-22(2)19(29)28(21(30)26-22)14-8-13-24-20(23-3)25-17-11-15-27(16-12-17)18-9-6-5-7-10-18/h5-7,9-10,17H,4,8,11-16H2,1-3H3,(H,26,30)(H2,23,24,25). The summed E-state index contributed by atoms with van der Waals surface area (Å²) in [6.45, 7) is 6.76. The normalized spacial score (nSPS) is 23.0. The monoisotopic (exact) mass is 414 g/mol. The molecular weight excluding hydrogens is 380 g/mol. The highest BCUT2D eigenvalue weighted by Crippen LogP contribution is 2.21. The van der Waals surface area contributed by atoms with Crippen molar-refractivity contribution in [1.82, 2.24) is 20.9 Å². The Morgan fingerprint density at radius 2 is 1.93 bits per heavy atom. The summed E-state index contributed by atoms with van der Waals surface area (Å²) in [5, 5.41) is 9.59. The summed E-state index contributed by atoms with van der Waals surface area (Å²) < 4.78 is 0. The fourth-order valence-corrected chi connectivity index (χ4v) is 3.94. The van der Waals surface area contributed by atoms with E-state index in [2.05, 4.69) is 50.1 Å². The predicted octanol–water partition coefficient (Wildman–Crippen LogP) is 1.93. The van der Waals surface area contributed by atoms with E-state index < -0.39 is 5.54 Å². The number of urea groups is 1. The molecule has 0 aromatic heterocycles. The lowest BCUT2D eigenvalue weighted by Gasteiger charge is -2.34. The van der Waals surface area contributed by atoms with Gasteiger partial charge in [-0.3, -0.25) is 14.7 Å². The van der Waals surface area contributed by atoms with E-state index in [1.807, 2.05) is 13.0 Å². The Labute approximate surface area is 179 Å². The Morgan fingerprint density at radius 1 is 1.23 bits per heavy atom. The number of nitrogens with one attached hydrogen (secondary N) is 3. The van der Waals surface area contributed by atoms with Gasteiger partial charge in [0.05, 0.1) is 0 Å². The van der Waals surface area contributed by atoms with Crippen molar-refractivity contribution in [3.8, 4) is 0 Å². The highest BCUT2D eigenvalue weighted by molar-refractivity contribution is 6.06. The van der Waals surface area contributed by atoms with E-state index in [9.17, 15) is 9.59 Å². The summed E-state index contributed by atoms with van der Waals surface area (Å²) in [6, 6.07) is 10.6. The zero-order valence-electron chi connectivity index (χ0n) is 18.3. The van der Waals surface area contributed by atoms with Gasteiger partial charge >= 0.3 is 6.03 Å². The fourth-order valence-electron chi connectivity index (χ4n) is 3.94. The molecular formula is C22H34N6O2. The molecule has 3 rings (SSSR count). The van der Waals surface area contributed by atoms with Crippen molar-refractivity contribution >= 4 is 23.6 Å². The molecule has 8 heteroatoms. The largest absolute Gasteiger partial charge is 0.371 e. The van der Waals surface area contributed by atoms with Gasteiger partial charge in [-0.05, 0) is 44.7 Å². The Bertz CT molecular complexity index is 760. The smallest absolute Gasteiger partial charge is 0.325 e. The molecule has 2 aliphatic rings. The molecule has 0 aliphatic carbocycles. The quantitative estimate of drug-likeness (QED) is 0.275. The van der Waals surface area contributed by atoms with Crippen molar-refractivity contribution < 1.29 is 9.59 Å². The van der Waals surface area contributed by atoms with Crippen LogP contribution < -0.4 is 20.9 Å². The number of benzene rings is 1. The molecule has 30 heavy (non-hydrogen) atoms. The summed E-state index contributed by atoms with van der Waals surface area (Å²) in [7, 11) is 1.76. The second-order valence-electron chi connectivity index (χ2n) is 8.17. The number of carbonyl (C=O) groups is 2. The SMILES string of the molecule is CCC1(C)NC(=O)N(CCCNC(=NC)NC2CCN(c3ccccc3)CC2)C1=O. The van der Waals surface area contributed by atoms with Gasteiger partial charge in [-0.15, -0.1) is 0 Å². The van der Waals surface area contributed by atoms with E-state index in [4.69, 9.17) is 0 Å². The molecule has 164 valence electrons. The van der Waals surface area contributed by atoms with E-state index in [1.165, 1.54) is 10.6 Å². The van der Waals surface area contributed by atoms with Crippen LogP contribution >= 0.6 is 0 Å². The topological polar surface area (TPSA) is 89.1 Å². The van der Waals surface area contributed by atoms with Crippen molar-refractivity contribution in [3.05, 3.63) is 30.3 Å². The Kier molecular flexibility index (Phi) is 7.18. The van der Waals surface area contributed by atoms with E-state index in [0.29, 0.717) is 32.0 Å². The first-order valence-electron chi connectivity index (χ1n) is 10.9. The third-order valence-corrected chi connectivity index (χ3v) is 6.08. The van der Waals surface area contributed by atoms with Crippen molar-refractivity contribution in [3.63, 3.8) is 0 Å². The average molecular weight is 415 g/mol. The van der Waals surface area contributed by atoms with Crippen LogP contribution in [-0.2, 0) is 4.79 Å². The second-order valence-corrected chi connectivity index (χ2v) is 8.17. The molecule has 3 amide bonds. The van der Waals surface area contributed by atoms with Crippen molar-refractivity contribution in [2.75, 3.05) is 38.1 Å². The van der Waals surface area contributed by atoms with E-state index in [0.717, 1.165) is 31.9 Å². The molecule has 1 aromatic carbocycles. The Morgan fingerprint density at radius 3 is 2.53 bits per heavy atom. The molecule has 2 saturated heterocycles. The second kappa shape index (κ2) is 9.82. The molecule has 1 aromatic rings. The highest BCUT2D eigenvalue weighted by Gasteiger charge is 2.45. The van der Waals surface area contributed by atoms with Gasteiger partial charge in [0.1, 0.15) is 5.54 Å². The third kappa shape index (κ3) is 5.04. The molecule has 2 heterocycles. The number of piperidine rings is 1. The minimum atomic E-state index is -0.767. The van der Waals surface area contributed by atoms with Crippen LogP contribution in [0.5, 0.6) is 0 Å². The number of guanidine groups is 1. The molecule has 8 nitrogen and oxygen atoms in total. The third-order valence-electron chi connectivity index (χ3n) is 6.08. The van der Waals surface area contributed by atoms with Gasteiger partial charge in [0, 0.05) is 45.0 Å². The first-order chi connectivity index (χ1) is 14.5. The van der Waals surface area contributed by atoms with Gasteiger partial charge in [-0.25, -0.2) is 4.79 Å². The maximum atomic E-state index is 12.4. The van der Waals surface area contributed by atoms with Crippen LogP contribution in [0.4, 0.5) is 10.5 Å². The first-order valence-corrected chi connectivity index (χ1v) is 10.9. The zero-order valence-corrected chi connectivity index (χ0v) is 18.3. The maximum absolute atomic E-state index is 12.4. The van der Waals surface area contributed by atoms with Gasteiger partial charge < -0.3 is 20.9 Å². The summed E-state index contributed by atoms with van der Waals surface area (Å²) in [4.78, 5) is 32.5. The van der Waals surface area contributed by atoms with Crippen LogP contribution in [0.2, 0.25) is 0 Å². The summed E-state index contributed by atoms with van der Waals surface area (Å²) in [5.41, 5.74) is 0.509. The zero-order chi connectivity index (χ0) is 21.6. The minimum Gasteiger partial charge on any atom is -0.371 e. The van der Waals surface area contributed by atoms with Crippen molar-refractivity contribution in [2.45, 2.75) is 51.1 Å². The van der Waals surface area contributed by atoms with Crippen LogP contribution in [0, 0.1) is 0 Å². The molecule has 1 atom stereocenters. The van der Waals surface area contributed by atoms with E-state index in [1.54, 1.807) is 14.0 Å². The van der Waals surface area contributed by atoms with Crippen LogP contribution in [-0.4, -0.2) is 67.6 Å². The van der Waals surface area contributed by atoms with Gasteiger partial charge in [0.15, 0.2) is 5.96 Å². The lowest BCUT2D eigenvalue weighted by Crippen LogP contribution is -2.49. The number of nitrogens with zero attached hydrogens (tertiary/aromatic N) is 3. The summed E-state index contributed by atoms with van der Waals surface area (Å²) in [5.74, 6) is 0.631. The highest BCUT2D eigenvalue weighted by atomic mass is 16.2. The van der Waals surface area contributed by atoms with E-state index in [-0.39, 0.29) is 11.9 Å². The number of amides is 3. The number of para-hydroxylation sites is 1. The number of hydrogen-bond acceptors (Lipinski definition) is 4. The van der Waals surface area contributed by atoms with Crippen molar-refractivity contribution in [2.24, 2.45) is 4.99 Å². The van der Waals surface area contributed by atoms with Crippen LogP contribution in [0.15, 0.2) is 35.3 Å². The lowest BCUT2D eigenvalue weighted by atomic mass is 9.99.